The number of carbonyl (C=O) groups is 2. The maximum Gasteiger partial charge on any atom is 0.408 e. The molecule has 1 atom stereocenters. The molecule has 0 saturated heterocycles. The molecule has 120 valence electrons. The molecule has 0 bridgehead atoms. The van der Waals surface area contributed by atoms with Crippen LogP contribution < -0.4 is 5.32 Å². The molecule has 2 N–H and O–H groups in total. The standard InChI is InChI=1S/C18H19NO4/c1-13-7-9-14(10-8-13)11-16(17(20)21)19-18(22)23-12-15-5-3-2-4-6-15/h2-10,16H,11-12H2,1H3,(H,19,22)(H,20,21). The van der Waals surface area contributed by atoms with Gasteiger partial charge in [-0.05, 0) is 18.1 Å². The summed E-state index contributed by atoms with van der Waals surface area (Å²) in [6.45, 7) is 2.06. The van der Waals surface area contributed by atoms with Crippen molar-refractivity contribution in [2.24, 2.45) is 0 Å². The van der Waals surface area contributed by atoms with E-state index in [0.717, 1.165) is 16.7 Å². The predicted octanol–water partition coefficient (Wildman–Crippen LogP) is 2.92. The second-order valence-electron chi connectivity index (χ2n) is 5.29. The molecule has 0 aliphatic carbocycles. The number of hydrogen-bond acceptors (Lipinski definition) is 3. The van der Waals surface area contributed by atoms with E-state index < -0.39 is 18.1 Å². The molecule has 2 rings (SSSR count). The number of aryl methyl sites for hydroxylation is 1. The van der Waals surface area contributed by atoms with Crippen molar-refractivity contribution in [3.63, 3.8) is 0 Å². The molecule has 2 aromatic rings. The number of carboxylic acids is 1. The molecule has 0 fully saturated rings. The Labute approximate surface area is 134 Å². The highest BCUT2D eigenvalue weighted by molar-refractivity contribution is 5.80. The molecule has 0 heterocycles. The maximum atomic E-state index is 11.8. The third-order valence-electron chi connectivity index (χ3n) is 3.36. The lowest BCUT2D eigenvalue weighted by molar-refractivity contribution is -0.139. The molecule has 2 aromatic carbocycles. The Morgan fingerprint density at radius 1 is 1.04 bits per heavy atom. The number of carbonyl (C=O) groups excluding carboxylic acids is 1. The molecule has 0 aromatic heterocycles. The summed E-state index contributed by atoms with van der Waals surface area (Å²) in [6.07, 6.45) is -0.538. The lowest BCUT2D eigenvalue weighted by atomic mass is 10.0. The first-order chi connectivity index (χ1) is 11.0. The Kier molecular flexibility index (Phi) is 5.74. The summed E-state index contributed by atoms with van der Waals surface area (Å²) in [4.78, 5) is 23.1. The molecule has 1 amide bonds. The molecule has 5 nitrogen and oxygen atoms in total. The summed E-state index contributed by atoms with van der Waals surface area (Å²) >= 11 is 0. The van der Waals surface area contributed by atoms with E-state index >= 15 is 0 Å². The first-order valence-corrected chi connectivity index (χ1v) is 7.30. The van der Waals surface area contributed by atoms with E-state index in [0.29, 0.717) is 0 Å². The number of amides is 1. The third-order valence-corrected chi connectivity index (χ3v) is 3.36. The Morgan fingerprint density at radius 2 is 1.70 bits per heavy atom. The number of nitrogens with one attached hydrogen (secondary N) is 1. The van der Waals surface area contributed by atoms with Gasteiger partial charge in [0.15, 0.2) is 0 Å². The van der Waals surface area contributed by atoms with Gasteiger partial charge in [-0.1, -0.05) is 60.2 Å². The van der Waals surface area contributed by atoms with E-state index in [4.69, 9.17) is 4.74 Å². The second kappa shape index (κ2) is 7.98. The predicted molar refractivity (Wildman–Crippen MR) is 86.1 cm³/mol. The number of aliphatic carboxylic acids is 1. The van der Waals surface area contributed by atoms with Gasteiger partial charge in [0.2, 0.25) is 0 Å². The number of carboxylic acid groups (broad SMARTS) is 1. The zero-order chi connectivity index (χ0) is 16.7. The number of hydrogen-bond donors (Lipinski definition) is 2. The summed E-state index contributed by atoms with van der Waals surface area (Å²) in [5, 5.41) is 11.6. The van der Waals surface area contributed by atoms with Gasteiger partial charge in [-0.25, -0.2) is 9.59 Å². The van der Waals surface area contributed by atoms with Gasteiger partial charge in [-0.15, -0.1) is 0 Å². The molecule has 0 saturated carbocycles. The second-order valence-corrected chi connectivity index (χ2v) is 5.29. The lowest BCUT2D eigenvalue weighted by Crippen LogP contribution is -2.42. The minimum atomic E-state index is -1.10. The number of alkyl carbamates (subject to hydrolysis) is 1. The highest BCUT2D eigenvalue weighted by atomic mass is 16.5. The smallest absolute Gasteiger partial charge is 0.408 e. The van der Waals surface area contributed by atoms with Crippen LogP contribution in [0, 0.1) is 6.92 Å². The quantitative estimate of drug-likeness (QED) is 0.860. The van der Waals surface area contributed by atoms with E-state index in [9.17, 15) is 14.7 Å². The van der Waals surface area contributed by atoms with Crippen molar-refractivity contribution in [1.29, 1.82) is 0 Å². The average molecular weight is 313 g/mol. The largest absolute Gasteiger partial charge is 0.480 e. The molecule has 5 heteroatoms. The minimum absolute atomic E-state index is 0.101. The number of benzene rings is 2. The average Bonchev–Trinajstić information content (AvgIpc) is 2.55. The zero-order valence-corrected chi connectivity index (χ0v) is 12.9. The van der Waals surface area contributed by atoms with Gasteiger partial charge in [-0.2, -0.15) is 0 Å². The van der Waals surface area contributed by atoms with Crippen molar-refractivity contribution in [2.75, 3.05) is 0 Å². The first kappa shape index (κ1) is 16.5. The van der Waals surface area contributed by atoms with Crippen LogP contribution >= 0.6 is 0 Å². The maximum absolute atomic E-state index is 11.8. The molecule has 0 aliphatic rings. The fourth-order valence-corrected chi connectivity index (χ4v) is 2.07. The van der Waals surface area contributed by atoms with E-state index in [2.05, 4.69) is 5.32 Å². The van der Waals surface area contributed by atoms with Crippen LogP contribution in [0.3, 0.4) is 0 Å². The van der Waals surface area contributed by atoms with Crippen molar-refractivity contribution in [2.45, 2.75) is 26.0 Å². The molecule has 0 radical (unpaired) electrons. The van der Waals surface area contributed by atoms with Crippen molar-refractivity contribution >= 4 is 12.1 Å². The van der Waals surface area contributed by atoms with Crippen LogP contribution in [0.2, 0.25) is 0 Å². The molecule has 23 heavy (non-hydrogen) atoms. The van der Waals surface area contributed by atoms with Gasteiger partial charge in [0.05, 0.1) is 0 Å². The van der Waals surface area contributed by atoms with Gasteiger partial charge in [0.25, 0.3) is 0 Å². The molecular weight excluding hydrogens is 294 g/mol. The van der Waals surface area contributed by atoms with Gasteiger partial charge in [0, 0.05) is 6.42 Å². The Morgan fingerprint density at radius 3 is 2.30 bits per heavy atom. The van der Waals surface area contributed by atoms with Crippen LogP contribution in [0.25, 0.3) is 0 Å². The Bertz CT molecular complexity index is 652. The SMILES string of the molecule is Cc1ccc(CC(NC(=O)OCc2ccccc2)C(=O)O)cc1. The summed E-state index contributed by atoms with van der Waals surface area (Å²) < 4.78 is 5.05. The van der Waals surface area contributed by atoms with Crippen molar-refractivity contribution in [1.82, 2.24) is 5.32 Å². The Hall–Kier alpha value is -2.82. The number of rotatable bonds is 6. The molecular formula is C18H19NO4. The van der Waals surface area contributed by atoms with E-state index in [-0.39, 0.29) is 13.0 Å². The third kappa shape index (κ3) is 5.47. The van der Waals surface area contributed by atoms with Gasteiger partial charge >= 0.3 is 12.1 Å². The molecule has 0 aliphatic heterocycles. The summed E-state index contributed by atoms with van der Waals surface area (Å²) in [6, 6.07) is 15.7. The van der Waals surface area contributed by atoms with Crippen LogP contribution in [0.1, 0.15) is 16.7 Å². The van der Waals surface area contributed by atoms with E-state index in [1.807, 2.05) is 61.5 Å². The van der Waals surface area contributed by atoms with Gasteiger partial charge < -0.3 is 15.2 Å². The summed E-state index contributed by atoms with van der Waals surface area (Å²) in [5.74, 6) is -1.10. The van der Waals surface area contributed by atoms with Crippen molar-refractivity contribution in [3.8, 4) is 0 Å². The van der Waals surface area contributed by atoms with Crippen LogP contribution in [0.5, 0.6) is 0 Å². The highest BCUT2D eigenvalue weighted by Crippen LogP contribution is 2.07. The molecule has 0 spiro atoms. The first-order valence-electron chi connectivity index (χ1n) is 7.30. The summed E-state index contributed by atoms with van der Waals surface area (Å²) in [5.41, 5.74) is 2.77. The topological polar surface area (TPSA) is 75.6 Å². The highest BCUT2D eigenvalue weighted by Gasteiger charge is 2.21. The van der Waals surface area contributed by atoms with Gasteiger partial charge in [-0.3, -0.25) is 0 Å². The van der Waals surface area contributed by atoms with Crippen LogP contribution in [-0.4, -0.2) is 23.2 Å². The Balaban J connectivity index is 1.89. The van der Waals surface area contributed by atoms with Crippen LogP contribution in [0.4, 0.5) is 4.79 Å². The lowest BCUT2D eigenvalue weighted by Gasteiger charge is -2.15. The van der Waals surface area contributed by atoms with E-state index in [1.165, 1.54) is 0 Å². The van der Waals surface area contributed by atoms with Gasteiger partial charge in [0.1, 0.15) is 12.6 Å². The molecule has 1 unspecified atom stereocenters. The zero-order valence-electron chi connectivity index (χ0n) is 12.9. The fourth-order valence-electron chi connectivity index (χ4n) is 2.07. The minimum Gasteiger partial charge on any atom is -0.480 e. The van der Waals surface area contributed by atoms with Crippen molar-refractivity contribution < 1.29 is 19.4 Å². The fraction of sp³-hybridized carbons (Fsp3) is 0.222. The van der Waals surface area contributed by atoms with E-state index in [1.54, 1.807) is 0 Å². The monoisotopic (exact) mass is 313 g/mol. The number of ether oxygens (including phenoxy) is 1. The van der Waals surface area contributed by atoms with Crippen LogP contribution in [-0.2, 0) is 22.6 Å². The van der Waals surface area contributed by atoms with Crippen LogP contribution in [0.15, 0.2) is 54.6 Å². The summed E-state index contributed by atoms with van der Waals surface area (Å²) in [7, 11) is 0. The normalized spacial score (nSPS) is 11.5. The van der Waals surface area contributed by atoms with Crippen molar-refractivity contribution in [3.05, 3.63) is 71.3 Å².